The summed E-state index contributed by atoms with van der Waals surface area (Å²) in [7, 11) is 0. The van der Waals surface area contributed by atoms with Crippen LogP contribution in [-0.4, -0.2) is 33.1 Å². The molecule has 0 saturated carbocycles. The maximum Gasteiger partial charge on any atom is 0.346 e. The van der Waals surface area contributed by atoms with Crippen molar-refractivity contribution in [1.29, 1.82) is 0 Å². The molecule has 2 amide bonds. The van der Waals surface area contributed by atoms with Crippen LogP contribution in [0.25, 0.3) is 0 Å². The molecule has 1 aromatic heterocycles. The third kappa shape index (κ3) is 2.23. The van der Waals surface area contributed by atoms with Crippen LogP contribution in [0, 0.1) is 0 Å². The minimum atomic E-state index is -0.248. The molecule has 18 heavy (non-hydrogen) atoms. The Morgan fingerprint density at radius 1 is 1.33 bits per heavy atom. The highest BCUT2D eigenvalue weighted by Crippen LogP contribution is 2.26. The molecule has 0 radical (unpaired) electrons. The lowest BCUT2D eigenvalue weighted by molar-refractivity contribution is 0.206. The monoisotopic (exact) mass is 249 g/mol. The molecule has 0 spiro atoms. The van der Waals surface area contributed by atoms with Gasteiger partial charge in [0.2, 0.25) is 0 Å². The molecule has 1 unspecified atom stereocenters. The minimum Gasteiger partial charge on any atom is -0.385 e. The van der Waals surface area contributed by atoms with Crippen molar-refractivity contribution in [2.75, 3.05) is 6.54 Å². The van der Waals surface area contributed by atoms with E-state index in [0.29, 0.717) is 12.4 Å². The summed E-state index contributed by atoms with van der Waals surface area (Å²) in [5, 5.41) is 4.27. The molecule has 2 N–H and O–H groups in total. The largest absolute Gasteiger partial charge is 0.385 e. The number of aromatic nitrogens is 2. The van der Waals surface area contributed by atoms with E-state index in [4.69, 9.17) is 5.73 Å². The van der Waals surface area contributed by atoms with Crippen molar-refractivity contribution >= 4 is 11.9 Å². The van der Waals surface area contributed by atoms with Gasteiger partial charge in [-0.3, -0.25) is 4.68 Å². The van der Waals surface area contributed by atoms with E-state index in [1.165, 1.54) is 0 Å². The van der Waals surface area contributed by atoms with Crippen LogP contribution in [0.1, 0.15) is 38.3 Å². The molecule has 2 rings (SSSR count). The lowest BCUT2D eigenvalue weighted by Crippen LogP contribution is -2.33. The van der Waals surface area contributed by atoms with Crippen LogP contribution in [0.15, 0.2) is 17.4 Å². The number of carbonyl (C=O) groups is 1. The highest BCUT2D eigenvalue weighted by molar-refractivity contribution is 6.03. The first-order chi connectivity index (χ1) is 8.67. The SMILES string of the molecule is CCCN1C(=O)N=C(N)C1c1cnn(CCC)c1. The Labute approximate surface area is 106 Å². The predicted molar refractivity (Wildman–Crippen MR) is 69.3 cm³/mol. The van der Waals surface area contributed by atoms with E-state index in [0.717, 1.165) is 24.9 Å². The summed E-state index contributed by atoms with van der Waals surface area (Å²) in [6.07, 6.45) is 5.61. The molecule has 0 aliphatic carbocycles. The maximum absolute atomic E-state index is 11.7. The van der Waals surface area contributed by atoms with Gasteiger partial charge in [0.25, 0.3) is 0 Å². The summed E-state index contributed by atoms with van der Waals surface area (Å²) >= 11 is 0. The van der Waals surface area contributed by atoms with Gasteiger partial charge in [-0.05, 0) is 12.8 Å². The minimum absolute atomic E-state index is 0.247. The number of hydrogen-bond donors (Lipinski definition) is 1. The third-order valence-corrected chi connectivity index (χ3v) is 2.95. The van der Waals surface area contributed by atoms with Crippen molar-refractivity contribution in [2.24, 2.45) is 10.7 Å². The van der Waals surface area contributed by atoms with Crippen molar-refractivity contribution in [3.63, 3.8) is 0 Å². The van der Waals surface area contributed by atoms with E-state index in [9.17, 15) is 4.79 Å². The molecular weight excluding hydrogens is 230 g/mol. The normalized spacial score (nSPS) is 19.4. The molecule has 0 aromatic carbocycles. The zero-order valence-electron chi connectivity index (χ0n) is 10.8. The molecule has 1 atom stereocenters. The molecule has 0 bridgehead atoms. The number of aryl methyl sites for hydroxylation is 1. The Balaban J connectivity index is 2.23. The fourth-order valence-corrected chi connectivity index (χ4v) is 2.19. The van der Waals surface area contributed by atoms with Crippen molar-refractivity contribution in [2.45, 2.75) is 39.3 Å². The number of amides is 2. The van der Waals surface area contributed by atoms with E-state index in [-0.39, 0.29) is 12.1 Å². The van der Waals surface area contributed by atoms with Crippen LogP contribution in [-0.2, 0) is 6.54 Å². The number of aliphatic imine (C=N–C) groups is 1. The Hall–Kier alpha value is -1.85. The zero-order valence-corrected chi connectivity index (χ0v) is 10.8. The first-order valence-electron chi connectivity index (χ1n) is 6.34. The second-order valence-corrected chi connectivity index (χ2v) is 4.45. The van der Waals surface area contributed by atoms with Crippen LogP contribution >= 0.6 is 0 Å². The Bertz CT molecular complexity index is 465. The van der Waals surface area contributed by atoms with Gasteiger partial charge < -0.3 is 10.6 Å². The first-order valence-corrected chi connectivity index (χ1v) is 6.34. The van der Waals surface area contributed by atoms with Crippen LogP contribution in [0.5, 0.6) is 0 Å². The van der Waals surface area contributed by atoms with Gasteiger partial charge in [-0.15, -0.1) is 0 Å². The molecule has 6 heteroatoms. The molecular formula is C12H19N5O. The number of amidine groups is 1. The summed E-state index contributed by atoms with van der Waals surface area (Å²) in [4.78, 5) is 17.3. The highest BCUT2D eigenvalue weighted by atomic mass is 16.2. The summed E-state index contributed by atoms with van der Waals surface area (Å²) in [5.41, 5.74) is 6.79. The Morgan fingerprint density at radius 2 is 2.06 bits per heavy atom. The van der Waals surface area contributed by atoms with E-state index >= 15 is 0 Å². The highest BCUT2D eigenvalue weighted by Gasteiger charge is 2.34. The predicted octanol–water partition coefficient (Wildman–Crippen LogP) is 1.54. The van der Waals surface area contributed by atoms with Crippen molar-refractivity contribution in [3.8, 4) is 0 Å². The average molecular weight is 249 g/mol. The number of hydrogen-bond acceptors (Lipinski definition) is 3. The van der Waals surface area contributed by atoms with Crippen molar-refractivity contribution < 1.29 is 4.79 Å². The van der Waals surface area contributed by atoms with E-state index in [2.05, 4.69) is 17.0 Å². The maximum atomic E-state index is 11.7. The molecule has 1 aliphatic heterocycles. The second kappa shape index (κ2) is 5.20. The Morgan fingerprint density at radius 3 is 2.72 bits per heavy atom. The van der Waals surface area contributed by atoms with E-state index in [1.807, 2.05) is 17.8 Å². The lowest BCUT2D eigenvalue weighted by atomic mass is 10.1. The molecule has 1 aliphatic rings. The number of rotatable bonds is 5. The van der Waals surface area contributed by atoms with Gasteiger partial charge in [0, 0.05) is 24.8 Å². The molecule has 98 valence electrons. The number of nitrogens with zero attached hydrogens (tertiary/aromatic N) is 4. The first kappa shape index (κ1) is 12.6. The average Bonchev–Trinajstić information content (AvgIpc) is 2.86. The van der Waals surface area contributed by atoms with Gasteiger partial charge in [-0.25, -0.2) is 4.79 Å². The fourth-order valence-electron chi connectivity index (χ4n) is 2.19. The van der Waals surface area contributed by atoms with Crippen LogP contribution in [0.4, 0.5) is 4.79 Å². The summed E-state index contributed by atoms with van der Waals surface area (Å²) < 4.78 is 1.87. The fraction of sp³-hybridized carbons (Fsp3) is 0.583. The van der Waals surface area contributed by atoms with Crippen LogP contribution < -0.4 is 5.73 Å². The van der Waals surface area contributed by atoms with Gasteiger partial charge in [-0.1, -0.05) is 13.8 Å². The molecule has 0 fully saturated rings. The van der Waals surface area contributed by atoms with Gasteiger partial charge in [0.15, 0.2) is 0 Å². The second-order valence-electron chi connectivity index (χ2n) is 4.45. The molecule has 6 nitrogen and oxygen atoms in total. The zero-order chi connectivity index (χ0) is 13.1. The topological polar surface area (TPSA) is 76.5 Å². The number of carbonyl (C=O) groups excluding carboxylic acids is 1. The Kier molecular flexibility index (Phi) is 3.64. The van der Waals surface area contributed by atoms with Gasteiger partial charge >= 0.3 is 6.03 Å². The van der Waals surface area contributed by atoms with Crippen LogP contribution in [0.2, 0.25) is 0 Å². The number of urea groups is 1. The van der Waals surface area contributed by atoms with E-state index in [1.54, 1.807) is 11.1 Å². The summed E-state index contributed by atoms with van der Waals surface area (Å²) in [6.45, 7) is 5.65. The molecule has 2 heterocycles. The van der Waals surface area contributed by atoms with Gasteiger partial charge in [-0.2, -0.15) is 10.1 Å². The van der Waals surface area contributed by atoms with E-state index < -0.39 is 0 Å². The summed E-state index contributed by atoms with van der Waals surface area (Å²) in [6, 6.07) is -0.495. The van der Waals surface area contributed by atoms with Crippen molar-refractivity contribution in [3.05, 3.63) is 18.0 Å². The number of nitrogens with two attached hydrogens (primary N) is 1. The van der Waals surface area contributed by atoms with Crippen LogP contribution in [0.3, 0.4) is 0 Å². The molecule has 0 saturated heterocycles. The molecule has 1 aromatic rings. The quantitative estimate of drug-likeness (QED) is 0.859. The smallest absolute Gasteiger partial charge is 0.346 e. The van der Waals surface area contributed by atoms with Crippen molar-refractivity contribution in [1.82, 2.24) is 14.7 Å². The van der Waals surface area contributed by atoms with Gasteiger partial charge in [0.05, 0.1) is 6.20 Å². The third-order valence-electron chi connectivity index (χ3n) is 2.95. The standard InChI is InChI=1S/C12H19N5O/c1-3-5-16-8-9(7-14-16)10-11(13)15-12(18)17(10)6-4-2/h7-8,10H,3-6H2,1-2H3,(H2,13,15,18). The summed E-state index contributed by atoms with van der Waals surface area (Å²) in [5.74, 6) is 0.365. The van der Waals surface area contributed by atoms with Gasteiger partial charge in [0.1, 0.15) is 11.9 Å². The lowest BCUT2D eigenvalue weighted by Gasteiger charge is -2.22.